The number of fused-ring (bicyclic) bond motifs is 1. The lowest BCUT2D eigenvalue weighted by Crippen LogP contribution is -2.38. The number of anilines is 2. The van der Waals surface area contributed by atoms with Crippen LogP contribution in [0.15, 0.2) is 36.0 Å². The molecule has 3 aromatic rings. The molecule has 1 atom stereocenters. The van der Waals surface area contributed by atoms with Gasteiger partial charge >= 0.3 is 6.09 Å². The standard InChI is InChI=1S/C17H17N5O3S/c23-16(20-10-3-7-22(9-10)17(24)25)14-13(4-8-26-14)21-12-2-6-19-15-11(12)1-5-18-15/h1-2,4-6,8,10H,3,7,9H2,(H,20,23)(H,24,25)(H2,18,19,21). The summed E-state index contributed by atoms with van der Waals surface area (Å²) in [5, 5.41) is 18.1. The van der Waals surface area contributed by atoms with Gasteiger partial charge in [-0.2, -0.15) is 0 Å². The second-order valence-electron chi connectivity index (χ2n) is 6.07. The Morgan fingerprint density at radius 2 is 2.19 bits per heavy atom. The molecule has 8 nitrogen and oxygen atoms in total. The monoisotopic (exact) mass is 371 g/mol. The number of nitrogens with zero attached hydrogens (tertiary/aromatic N) is 2. The van der Waals surface area contributed by atoms with Crippen molar-refractivity contribution in [1.29, 1.82) is 0 Å². The van der Waals surface area contributed by atoms with Gasteiger partial charge in [0.1, 0.15) is 10.5 Å². The lowest BCUT2D eigenvalue weighted by molar-refractivity contribution is 0.0940. The molecule has 4 N–H and O–H groups in total. The third kappa shape index (κ3) is 3.08. The molecule has 1 aliphatic rings. The van der Waals surface area contributed by atoms with Gasteiger partial charge in [0.2, 0.25) is 0 Å². The van der Waals surface area contributed by atoms with E-state index in [4.69, 9.17) is 5.11 Å². The Hall–Kier alpha value is -3.07. The highest BCUT2D eigenvalue weighted by atomic mass is 32.1. The maximum absolute atomic E-state index is 12.6. The van der Waals surface area contributed by atoms with E-state index in [9.17, 15) is 9.59 Å². The average molecular weight is 371 g/mol. The molecule has 1 unspecified atom stereocenters. The zero-order chi connectivity index (χ0) is 18.1. The van der Waals surface area contributed by atoms with Gasteiger partial charge in [-0.1, -0.05) is 0 Å². The molecule has 26 heavy (non-hydrogen) atoms. The van der Waals surface area contributed by atoms with Crippen molar-refractivity contribution in [2.45, 2.75) is 12.5 Å². The molecule has 0 spiro atoms. The normalized spacial score (nSPS) is 16.8. The van der Waals surface area contributed by atoms with Gasteiger partial charge in [-0.15, -0.1) is 11.3 Å². The summed E-state index contributed by atoms with van der Waals surface area (Å²) in [6.45, 7) is 0.766. The van der Waals surface area contributed by atoms with Crippen LogP contribution in [0.4, 0.5) is 16.2 Å². The number of carbonyl (C=O) groups is 2. The Balaban J connectivity index is 1.49. The maximum atomic E-state index is 12.6. The molecule has 1 fully saturated rings. The average Bonchev–Trinajstić information content (AvgIpc) is 3.35. The topological polar surface area (TPSA) is 110 Å². The van der Waals surface area contributed by atoms with Crippen LogP contribution in [-0.4, -0.2) is 51.1 Å². The summed E-state index contributed by atoms with van der Waals surface area (Å²) in [7, 11) is 0. The first kappa shape index (κ1) is 16.4. The van der Waals surface area contributed by atoms with E-state index in [-0.39, 0.29) is 11.9 Å². The number of aromatic nitrogens is 2. The molecule has 9 heteroatoms. The number of thiophene rings is 1. The van der Waals surface area contributed by atoms with Crippen LogP contribution >= 0.6 is 11.3 Å². The van der Waals surface area contributed by atoms with E-state index in [2.05, 4.69) is 20.6 Å². The molecule has 1 saturated heterocycles. The number of carboxylic acid groups (broad SMARTS) is 1. The smallest absolute Gasteiger partial charge is 0.407 e. The molecular weight excluding hydrogens is 354 g/mol. The van der Waals surface area contributed by atoms with Gasteiger partial charge in [0.05, 0.1) is 11.4 Å². The molecule has 4 heterocycles. The largest absolute Gasteiger partial charge is 0.465 e. The summed E-state index contributed by atoms with van der Waals surface area (Å²) in [6.07, 6.45) is 3.19. The maximum Gasteiger partial charge on any atom is 0.407 e. The molecule has 2 amide bonds. The fourth-order valence-electron chi connectivity index (χ4n) is 3.10. The minimum atomic E-state index is -0.951. The van der Waals surface area contributed by atoms with Gasteiger partial charge in [0.15, 0.2) is 0 Å². The molecule has 0 aliphatic carbocycles. The summed E-state index contributed by atoms with van der Waals surface area (Å²) in [6, 6.07) is 5.48. The fourth-order valence-corrected chi connectivity index (χ4v) is 3.85. The number of amides is 2. The van der Waals surface area contributed by atoms with E-state index in [0.717, 1.165) is 16.7 Å². The lowest BCUT2D eigenvalue weighted by Gasteiger charge is -2.14. The summed E-state index contributed by atoms with van der Waals surface area (Å²) in [5.41, 5.74) is 2.35. The van der Waals surface area contributed by atoms with E-state index in [1.54, 1.807) is 6.20 Å². The third-order valence-corrected chi connectivity index (χ3v) is 5.31. The highest BCUT2D eigenvalue weighted by Crippen LogP contribution is 2.29. The molecular formula is C17H17N5O3S. The Kier molecular flexibility index (Phi) is 4.21. The van der Waals surface area contributed by atoms with Gasteiger partial charge in [0.25, 0.3) is 5.91 Å². The van der Waals surface area contributed by atoms with E-state index in [1.165, 1.54) is 16.2 Å². The number of hydrogen-bond acceptors (Lipinski definition) is 5. The zero-order valence-corrected chi connectivity index (χ0v) is 14.5. The molecule has 1 aliphatic heterocycles. The minimum Gasteiger partial charge on any atom is -0.465 e. The van der Waals surface area contributed by atoms with Gasteiger partial charge in [0, 0.05) is 36.9 Å². The number of aromatic amines is 1. The molecule has 3 aromatic heterocycles. The van der Waals surface area contributed by atoms with Gasteiger partial charge in [-0.3, -0.25) is 4.79 Å². The highest BCUT2D eigenvalue weighted by molar-refractivity contribution is 7.12. The number of pyridine rings is 1. The van der Waals surface area contributed by atoms with Crippen LogP contribution in [-0.2, 0) is 0 Å². The SMILES string of the molecule is O=C(NC1CCN(C(=O)O)C1)c1sccc1Nc1ccnc2[nH]ccc12. The predicted octanol–water partition coefficient (Wildman–Crippen LogP) is 2.85. The van der Waals surface area contributed by atoms with Gasteiger partial charge in [-0.05, 0) is 30.0 Å². The van der Waals surface area contributed by atoms with Crippen LogP contribution in [0.25, 0.3) is 11.0 Å². The van der Waals surface area contributed by atoms with E-state index in [0.29, 0.717) is 30.1 Å². The summed E-state index contributed by atoms with van der Waals surface area (Å²) in [5.74, 6) is -0.195. The third-order valence-electron chi connectivity index (χ3n) is 4.39. The first-order valence-corrected chi connectivity index (χ1v) is 9.05. The summed E-state index contributed by atoms with van der Waals surface area (Å²) >= 11 is 1.35. The number of rotatable bonds is 4. The van der Waals surface area contributed by atoms with Crippen molar-refractivity contribution < 1.29 is 14.7 Å². The Labute approximate surface area is 152 Å². The number of nitrogens with one attached hydrogen (secondary N) is 3. The second kappa shape index (κ2) is 6.68. The number of H-pyrrole nitrogens is 1. The van der Waals surface area contributed by atoms with Crippen molar-refractivity contribution in [3.8, 4) is 0 Å². The second-order valence-corrected chi connectivity index (χ2v) is 6.99. The van der Waals surface area contributed by atoms with E-state index >= 15 is 0 Å². The molecule has 0 radical (unpaired) electrons. The van der Waals surface area contributed by atoms with Crippen molar-refractivity contribution >= 4 is 45.7 Å². The first-order chi connectivity index (χ1) is 12.6. The van der Waals surface area contributed by atoms with Gasteiger partial charge in [-0.25, -0.2) is 9.78 Å². The van der Waals surface area contributed by atoms with Crippen molar-refractivity contribution in [3.05, 3.63) is 40.8 Å². The number of hydrogen-bond donors (Lipinski definition) is 4. The predicted molar refractivity (Wildman–Crippen MR) is 99.2 cm³/mol. The van der Waals surface area contributed by atoms with Crippen molar-refractivity contribution in [3.63, 3.8) is 0 Å². The van der Waals surface area contributed by atoms with Crippen LogP contribution in [0.3, 0.4) is 0 Å². The molecule has 4 rings (SSSR count). The van der Waals surface area contributed by atoms with Crippen LogP contribution in [0, 0.1) is 0 Å². The first-order valence-electron chi connectivity index (χ1n) is 8.17. The molecule has 134 valence electrons. The van der Waals surface area contributed by atoms with Crippen molar-refractivity contribution in [2.75, 3.05) is 18.4 Å². The van der Waals surface area contributed by atoms with E-state index < -0.39 is 6.09 Å². The highest BCUT2D eigenvalue weighted by Gasteiger charge is 2.28. The number of carbonyl (C=O) groups excluding carboxylic acids is 1. The Morgan fingerprint density at radius 3 is 3.00 bits per heavy atom. The van der Waals surface area contributed by atoms with Crippen molar-refractivity contribution in [1.82, 2.24) is 20.2 Å². The van der Waals surface area contributed by atoms with E-state index in [1.807, 2.05) is 29.8 Å². The zero-order valence-electron chi connectivity index (χ0n) is 13.7. The van der Waals surface area contributed by atoms with Gasteiger partial charge < -0.3 is 25.6 Å². The summed E-state index contributed by atoms with van der Waals surface area (Å²) < 4.78 is 0. The van der Waals surface area contributed by atoms with Crippen molar-refractivity contribution in [2.24, 2.45) is 0 Å². The fraction of sp³-hybridized carbons (Fsp3) is 0.235. The quantitative estimate of drug-likeness (QED) is 0.564. The molecule has 0 bridgehead atoms. The molecule has 0 aromatic carbocycles. The summed E-state index contributed by atoms with van der Waals surface area (Å²) in [4.78, 5) is 32.8. The Morgan fingerprint density at radius 1 is 1.31 bits per heavy atom. The minimum absolute atomic E-state index is 0.161. The molecule has 0 saturated carbocycles. The van der Waals surface area contributed by atoms with Crippen LogP contribution in [0.2, 0.25) is 0 Å². The Bertz CT molecular complexity index is 966. The van der Waals surface area contributed by atoms with Crippen LogP contribution < -0.4 is 10.6 Å². The van der Waals surface area contributed by atoms with Crippen LogP contribution in [0.1, 0.15) is 16.1 Å². The van der Waals surface area contributed by atoms with Crippen LogP contribution in [0.5, 0.6) is 0 Å². The lowest BCUT2D eigenvalue weighted by atomic mass is 10.2. The number of likely N-dealkylation sites (tertiary alicyclic amines) is 1.